The number of fused-ring (bicyclic) bond motifs is 2. The fourth-order valence-electron chi connectivity index (χ4n) is 5.19. The highest BCUT2D eigenvalue weighted by Gasteiger charge is 2.16. The van der Waals surface area contributed by atoms with Crippen LogP contribution in [0, 0.1) is 0 Å². The Balaban J connectivity index is 1.45. The van der Waals surface area contributed by atoms with E-state index in [-0.39, 0.29) is 0 Å². The quantitative estimate of drug-likeness (QED) is 0.165. The molecule has 1 aliphatic carbocycles. The fraction of sp³-hybridized carbons (Fsp3) is 0.108. The molecule has 0 amide bonds. The van der Waals surface area contributed by atoms with E-state index in [9.17, 15) is 0 Å². The van der Waals surface area contributed by atoms with Crippen LogP contribution < -0.4 is 9.93 Å². The van der Waals surface area contributed by atoms with Crippen molar-refractivity contribution in [2.75, 3.05) is 13.1 Å². The van der Waals surface area contributed by atoms with E-state index in [4.69, 9.17) is 9.15 Å². The molecule has 0 fully saturated rings. The van der Waals surface area contributed by atoms with E-state index >= 15 is 0 Å². The van der Waals surface area contributed by atoms with Crippen molar-refractivity contribution in [3.63, 3.8) is 0 Å². The Hall–Kier alpha value is -4.89. The van der Waals surface area contributed by atoms with Crippen LogP contribution in [0.25, 0.3) is 39.9 Å². The van der Waals surface area contributed by atoms with Crippen molar-refractivity contribution in [2.45, 2.75) is 13.8 Å². The molecule has 40 heavy (non-hydrogen) atoms. The van der Waals surface area contributed by atoms with E-state index in [1.807, 2.05) is 48.5 Å². The third kappa shape index (κ3) is 5.19. The van der Waals surface area contributed by atoms with E-state index < -0.39 is 0 Å². The van der Waals surface area contributed by atoms with Crippen LogP contribution in [0.1, 0.15) is 30.5 Å². The first-order valence-electron chi connectivity index (χ1n) is 13.9. The molecule has 6 rings (SSSR count). The molecule has 196 valence electrons. The molecular weight excluding hydrogens is 490 g/mol. The lowest BCUT2D eigenvalue weighted by atomic mass is 9.98. The lowest BCUT2D eigenvalue weighted by Gasteiger charge is -2.19. The van der Waals surface area contributed by atoms with Gasteiger partial charge in [0, 0.05) is 28.1 Å². The first kappa shape index (κ1) is 25.4. The molecule has 2 heterocycles. The Bertz CT molecular complexity index is 1760. The molecule has 0 saturated carbocycles. The summed E-state index contributed by atoms with van der Waals surface area (Å²) in [5, 5.41) is 2.26. The molecule has 0 bridgehead atoms. The molecule has 3 nitrogen and oxygen atoms in total. The zero-order valence-corrected chi connectivity index (χ0v) is 22.9. The van der Waals surface area contributed by atoms with E-state index in [0.29, 0.717) is 0 Å². The number of allylic oxidation sites excluding steroid dienone is 5. The van der Waals surface area contributed by atoms with Crippen LogP contribution in [-0.4, -0.2) is 13.1 Å². The van der Waals surface area contributed by atoms with Gasteiger partial charge in [-0.15, -0.1) is 0 Å². The van der Waals surface area contributed by atoms with Gasteiger partial charge < -0.3 is 9.15 Å². The molecular formula is C37H32NO2+. The van der Waals surface area contributed by atoms with Crippen LogP contribution in [0.4, 0.5) is 0 Å². The molecule has 0 radical (unpaired) electrons. The molecule has 0 saturated heterocycles. The molecule has 3 heteroatoms. The first-order chi connectivity index (χ1) is 19.7. The molecule has 0 N–H and O–H groups in total. The minimum Gasteiger partial charge on any atom is -0.456 e. The lowest BCUT2D eigenvalue weighted by Crippen LogP contribution is -2.29. The largest absolute Gasteiger partial charge is 0.456 e. The topological polar surface area (TPSA) is 25.4 Å². The Morgan fingerprint density at radius 2 is 1.32 bits per heavy atom. The summed E-state index contributed by atoms with van der Waals surface area (Å²) in [5.74, 6) is 2.55. The summed E-state index contributed by atoms with van der Waals surface area (Å²) in [4.78, 5) is 0. The number of rotatable bonds is 6. The third-order valence-corrected chi connectivity index (χ3v) is 7.26. The number of hydrogen-bond donors (Lipinski definition) is 0. The number of para-hydroxylation sites is 1. The van der Waals surface area contributed by atoms with Crippen molar-refractivity contribution >= 4 is 28.6 Å². The van der Waals surface area contributed by atoms with E-state index in [1.165, 1.54) is 5.36 Å². The lowest BCUT2D eigenvalue weighted by molar-refractivity contribution is 0.467. The maximum absolute atomic E-state index is 6.38. The van der Waals surface area contributed by atoms with Gasteiger partial charge in [-0.2, -0.15) is 0 Å². The van der Waals surface area contributed by atoms with Crippen molar-refractivity contribution < 1.29 is 9.15 Å². The molecule has 0 atom stereocenters. The van der Waals surface area contributed by atoms with Crippen LogP contribution in [0.3, 0.4) is 0 Å². The number of benzene rings is 4. The van der Waals surface area contributed by atoms with Crippen LogP contribution in [0.5, 0.6) is 0 Å². The molecule has 0 unspecified atom stereocenters. The highest BCUT2D eigenvalue weighted by molar-refractivity contribution is 5.94. The summed E-state index contributed by atoms with van der Waals surface area (Å²) < 4.78 is 15.1. The van der Waals surface area contributed by atoms with Gasteiger partial charge in [-0.05, 0) is 49.3 Å². The van der Waals surface area contributed by atoms with Crippen molar-refractivity contribution in [1.29, 1.82) is 0 Å². The second-order valence-electron chi connectivity index (χ2n) is 9.74. The Labute approximate surface area is 235 Å². The Morgan fingerprint density at radius 3 is 1.98 bits per heavy atom. The minimum absolute atomic E-state index is 0.833. The van der Waals surface area contributed by atoms with Gasteiger partial charge >= 0.3 is 0 Å². The normalized spacial score (nSPS) is 13.3. The summed E-state index contributed by atoms with van der Waals surface area (Å²) in [6, 6.07) is 35.3. The van der Waals surface area contributed by atoms with Crippen molar-refractivity contribution in [2.24, 2.45) is 0 Å². The van der Waals surface area contributed by atoms with Crippen LogP contribution in [0.2, 0.25) is 0 Å². The van der Waals surface area contributed by atoms with Crippen LogP contribution in [0.15, 0.2) is 137 Å². The SMILES string of the molecule is CC[N+](CC)=c1ccc2c(/C=C/C=C3C=C(c4ccccc4)OC(c4ccccc4)=C3)c3ccccc3oc-2c1. The third-order valence-electron chi connectivity index (χ3n) is 7.26. The number of ether oxygens (including phenoxy) is 1. The zero-order valence-electron chi connectivity index (χ0n) is 22.9. The van der Waals surface area contributed by atoms with Gasteiger partial charge in [0.25, 0.3) is 0 Å². The Morgan fingerprint density at radius 1 is 0.700 bits per heavy atom. The average Bonchev–Trinajstić information content (AvgIpc) is 3.02. The second-order valence-corrected chi connectivity index (χ2v) is 9.74. The second kappa shape index (κ2) is 11.5. The smallest absolute Gasteiger partial charge is 0.203 e. The van der Waals surface area contributed by atoms with Gasteiger partial charge in [-0.1, -0.05) is 97.1 Å². The van der Waals surface area contributed by atoms with E-state index in [2.05, 4.69) is 103 Å². The summed E-state index contributed by atoms with van der Waals surface area (Å²) in [7, 11) is 0. The highest BCUT2D eigenvalue weighted by atomic mass is 16.5. The first-order valence-corrected chi connectivity index (χ1v) is 13.9. The van der Waals surface area contributed by atoms with Gasteiger partial charge in [0.1, 0.15) is 36.0 Å². The molecule has 0 spiro atoms. The molecule has 3 aliphatic rings. The van der Waals surface area contributed by atoms with E-state index in [0.717, 1.165) is 69.2 Å². The minimum atomic E-state index is 0.833. The summed E-state index contributed by atoms with van der Waals surface area (Å²) >= 11 is 0. The van der Waals surface area contributed by atoms with Gasteiger partial charge in [-0.25, -0.2) is 4.58 Å². The fourth-order valence-corrected chi connectivity index (χ4v) is 5.19. The zero-order chi connectivity index (χ0) is 27.3. The Kier molecular flexibility index (Phi) is 7.28. The van der Waals surface area contributed by atoms with Crippen LogP contribution in [-0.2, 0) is 4.74 Å². The highest BCUT2D eigenvalue weighted by Crippen LogP contribution is 2.34. The predicted octanol–water partition coefficient (Wildman–Crippen LogP) is 8.40. The van der Waals surface area contributed by atoms with E-state index in [1.54, 1.807) is 0 Å². The monoisotopic (exact) mass is 522 g/mol. The number of hydrogen-bond acceptors (Lipinski definition) is 2. The van der Waals surface area contributed by atoms with Gasteiger partial charge in [0.2, 0.25) is 5.36 Å². The van der Waals surface area contributed by atoms with Crippen molar-refractivity contribution in [3.05, 3.63) is 155 Å². The van der Waals surface area contributed by atoms with Crippen LogP contribution >= 0.6 is 0 Å². The summed E-state index contributed by atoms with van der Waals surface area (Å²) in [6.45, 7) is 6.27. The maximum Gasteiger partial charge on any atom is 0.203 e. The molecule has 2 aliphatic heterocycles. The van der Waals surface area contributed by atoms with Crippen molar-refractivity contribution in [3.8, 4) is 11.3 Å². The molecule has 3 aromatic rings. The molecule has 0 aromatic heterocycles. The standard InChI is InChI=1S/C37H32NO2/c1-3-38(4-2)30-22-23-33-31(32-19-11-12-21-34(32)39-37(33)26-30)20-13-14-27-24-35(28-15-7-5-8-16-28)40-36(25-27)29-17-9-6-10-18-29/h5-26H,3-4H2,1-2H3/q+1/b20-13+. The molecule has 3 aromatic carbocycles. The maximum atomic E-state index is 6.38. The average molecular weight is 523 g/mol. The number of nitrogens with zero attached hydrogens (tertiary/aromatic N) is 1. The van der Waals surface area contributed by atoms with Gasteiger partial charge in [0.15, 0.2) is 0 Å². The predicted molar refractivity (Wildman–Crippen MR) is 166 cm³/mol. The summed E-state index contributed by atoms with van der Waals surface area (Å²) in [6.07, 6.45) is 10.6. The van der Waals surface area contributed by atoms with Crippen molar-refractivity contribution in [1.82, 2.24) is 4.58 Å². The van der Waals surface area contributed by atoms with Gasteiger partial charge in [-0.3, -0.25) is 0 Å². The summed E-state index contributed by atoms with van der Waals surface area (Å²) in [5.41, 5.74) is 6.28. The van der Waals surface area contributed by atoms with Gasteiger partial charge in [0.05, 0.1) is 6.07 Å².